The van der Waals surface area contributed by atoms with Crippen molar-refractivity contribution in [3.8, 4) is 0 Å². The van der Waals surface area contributed by atoms with Crippen molar-refractivity contribution in [2.24, 2.45) is 0 Å². The second-order valence-electron chi connectivity index (χ2n) is 7.87. The lowest BCUT2D eigenvalue weighted by Gasteiger charge is -2.30. The van der Waals surface area contributed by atoms with Crippen molar-refractivity contribution < 1.29 is 14.0 Å². The first-order chi connectivity index (χ1) is 13.7. The van der Waals surface area contributed by atoms with Crippen molar-refractivity contribution in [3.05, 3.63) is 63.6 Å². The lowest BCUT2D eigenvalue weighted by atomic mass is 9.83. The fourth-order valence-corrected chi connectivity index (χ4v) is 4.54. The largest absolute Gasteiger partial charge is 0.415 e. The van der Waals surface area contributed by atoms with Crippen LogP contribution in [0.1, 0.15) is 11.1 Å². The first-order valence-electron chi connectivity index (χ1n) is 9.57. The Hall–Kier alpha value is -1.41. The van der Waals surface area contributed by atoms with E-state index in [2.05, 4.69) is 30.3 Å². The summed E-state index contributed by atoms with van der Waals surface area (Å²) >= 11 is 12.7. The van der Waals surface area contributed by atoms with Gasteiger partial charge >= 0.3 is 0 Å². The molecule has 0 spiro atoms. The van der Waals surface area contributed by atoms with E-state index < -0.39 is 13.9 Å². The van der Waals surface area contributed by atoms with Crippen molar-refractivity contribution in [2.45, 2.75) is 25.2 Å². The number of fused-ring (bicyclic) bond motifs is 1. The molecule has 0 radical (unpaired) electrons. The van der Waals surface area contributed by atoms with Gasteiger partial charge < -0.3 is 14.5 Å². The summed E-state index contributed by atoms with van der Waals surface area (Å²) in [6, 6.07) is 12.7. The predicted octanol–water partition coefficient (Wildman–Crippen LogP) is 4.65. The van der Waals surface area contributed by atoms with E-state index in [0.29, 0.717) is 42.0 Å². The van der Waals surface area contributed by atoms with Crippen molar-refractivity contribution in [1.29, 1.82) is 0 Å². The van der Waals surface area contributed by atoms with Gasteiger partial charge in [-0.2, -0.15) is 0 Å². The van der Waals surface area contributed by atoms with Crippen molar-refractivity contribution in [2.75, 3.05) is 31.7 Å². The highest BCUT2D eigenvalue weighted by atomic mass is 35.5. The Bertz CT molecular complexity index is 888. The molecule has 156 valence electrons. The summed E-state index contributed by atoms with van der Waals surface area (Å²) in [5.41, 5.74) is 1.03. The number of rotatable bonds is 9. The van der Waals surface area contributed by atoms with Crippen molar-refractivity contribution in [3.63, 3.8) is 0 Å². The molecule has 5 nitrogen and oxygen atoms in total. The Labute approximate surface area is 182 Å². The Morgan fingerprint density at radius 1 is 1.03 bits per heavy atom. The average Bonchev–Trinajstić information content (AvgIpc) is 2.92. The van der Waals surface area contributed by atoms with Crippen LogP contribution >= 0.6 is 23.2 Å². The molecule has 0 fully saturated rings. The highest BCUT2D eigenvalue weighted by Crippen LogP contribution is 2.44. The molecule has 1 aliphatic heterocycles. The van der Waals surface area contributed by atoms with Crippen LogP contribution in [-0.2, 0) is 19.5 Å². The first-order valence-corrected chi connectivity index (χ1v) is 13.7. The maximum atomic E-state index is 13.2. The van der Waals surface area contributed by atoms with Crippen LogP contribution in [0.3, 0.4) is 0 Å². The number of hydrogen-bond donors (Lipinski definition) is 2. The quantitative estimate of drug-likeness (QED) is 0.429. The number of halogens is 2. The third-order valence-corrected chi connectivity index (χ3v) is 6.29. The van der Waals surface area contributed by atoms with Gasteiger partial charge in [-0.1, -0.05) is 41.4 Å². The van der Waals surface area contributed by atoms with Crippen LogP contribution in [0.2, 0.25) is 29.7 Å². The minimum Gasteiger partial charge on any atom is -0.415 e. The molecule has 2 aromatic carbocycles. The van der Waals surface area contributed by atoms with Crippen LogP contribution < -0.4 is 10.6 Å². The average molecular weight is 453 g/mol. The standard InChI is InChI=1S/C21H26Cl2N2O3Si/c1-29(2,3)28-13-12-27-11-10-24-21(16-6-4-5-7-18(16)23)17-14-15(22)8-9-19(17)25-20(21)26/h4-9,14,24H,10-13H2,1-3H3,(H,25,26). The zero-order valence-electron chi connectivity index (χ0n) is 16.9. The molecule has 3 rings (SSSR count). The van der Waals surface area contributed by atoms with Gasteiger partial charge in [0.1, 0.15) is 0 Å². The zero-order valence-corrected chi connectivity index (χ0v) is 19.4. The molecule has 1 amide bonds. The summed E-state index contributed by atoms with van der Waals surface area (Å²) in [7, 11) is -1.54. The molecule has 2 N–H and O–H groups in total. The molecule has 1 heterocycles. The van der Waals surface area contributed by atoms with Gasteiger partial charge in [-0.15, -0.1) is 0 Å². The van der Waals surface area contributed by atoms with Crippen molar-refractivity contribution in [1.82, 2.24) is 5.32 Å². The Kier molecular flexibility index (Phi) is 7.04. The number of benzene rings is 2. The molecule has 2 aromatic rings. The summed E-state index contributed by atoms with van der Waals surface area (Å²) in [4.78, 5) is 13.2. The van der Waals surface area contributed by atoms with Gasteiger partial charge in [0.15, 0.2) is 13.9 Å². The fourth-order valence-electron chi connectivity index (χ4n) is 3.40. The van der Waals surface area contributed by atoms with Gasteiger partial charge in [-0.05, 0) is 43.9 Å². The Morgan fingerprint density at radius 3 is 2.52 bits per heavy atom. The van der Waals surface area contributed by atoms with Gasteiger partial charge in [-0.3, -0.25) is 10.1 Å². The number of ether oxygens (including phenoxy) is 1. The van der Waals surface area contributed by atoms with Gasteiger partial charge in [0, 0.05) is 33.4 Å². The van der Waals surface area contributed by atoms with E-state index in [0.717, 1.165) is 11.3 Å². The molecular formula is C21H26Cl2N2O3Si. The smallest absolute Gasteiger partial charge is 0.254 e. The third kappa shape index (κ3) is 5.02. The second kappa shape index (κ2) is 9.16. The summed E-state index contributed by atoms with van der Waals surface area (Å²) < 4.78 is 11.5. The molecule has 0 aliphatic carbocycles. The highest BCUT2D eigenvalue weighted by Gasteiger charge is 2.49. The van der Waals surface area contributed by atoms with Crippen LogP contribution in [0.4, 0.5) is 5.69 Å². The normalized spacial score (nSPS) is 18.6. The van der Waals surface area contributed by atoms with Crippen LogP contribution in [0, 0.1) is 0 Å². The van der Waals surface area contributed by atoms with Crippen LogP contribution in [0.15, 0.2) is 42.5 Å². The van der Waals surface area contributed by atoms with Crippen LogP contribution in [0.5, 0.6) is 0 Å². The summed E-state index contributed by atoms with van der Waals surface area (Å²) in [6.45, 7) is 8.40. The van der Waals surface area contributed by atoms with Gasteiger partial charge in [0.05, 0.1) is 19.8 Å². The summed E-state index contributed by atoms with van der Waals surface area (Å²) in [5.74, 6) is -0.190. The summed E-state index contributed by atoms with van der Waals surface area (Å²) in [5, 5.41) is 7.39. The second-order valence-corrected chi connectivity index (χ2v) is 13.2. The zero-order chi connectivity index (χ0) is 21.1. The molecule has 0 bridgehead atoms. The monoisotopic (exact) mass is 452 g/mol. The van der Waals surface area contributed by atoms with E-state index in [1.54, 1.807) is 24.3 Å². The predicted molar refractivity (Wildman–Crippen MR) is 120 cm³/mol. The first kappa shape index (κ1) is 22.3. The Morgan fingerprint density at radius 2 is 1.79 bits per heavy atom. The topological polar surface area (TPSA) is 59.6 Å². The van der Waals surface area contributed by atoms with E-state index in [1.165, 1.54) is 0 Å². The summed E-state index contributed by atoms with van der Waals surface area (Å²) in [6.07, 6.45) is 0. The number of carbonyl (C=O) groups is 1. The Balaban J connectivity index is 1.78. The molecule has 0 saturated heterocycles. The molecule has 1 atom stereocenters. The maximum Gasteiger partial charge on any atom is 0.254 e. The lowest BCUT2D eigenvalue weighted by Crippen LogP contribution is -2.50. The van der Waals surface area contributed by atoms with Crippen LogP contribution in [-0.4, -0.2) is 40.6 Å². The highest BCUT2D eigenvalue weighted by molar-refractivity contribution is 6.69. The fraction of sp³-hybridized carbons (Fsp3) is 0.381. The van der Waals surface area contributed by atoms with Gasteiger partial charge in [-0.25, -0.2) is 0 Å². The number of nitrogens with one attached hydrogen (secondary N) is 2. The van der Waals surface area contributed by atoms with E-state index in [9.17, 15) is 4.79 Å². The number of carbonyl (C=O) groups excluding carboxylic acids is 1. The molecule has 0 saturated carbocycles. The number of anilines is 1. The third-order valence-electron chi connectivity index (χ3n) is 4.65. The van der Waals surface area contributed by atoms with Crippen molar-refractivity contribution >= 4 is 43.1 Å². The molecule has 8 heteroatoms. The minimum atomic E-state index is -1.54. The minimum absolute atomic E-state index is 0.190. The van der Waals surface area contributed by atoms with E-state index in [4.69, 9.17) is 32.4 Å². The molecule has 1 unspecified atom stereocenters. The van der Waals surface area contributed by atoms with E-state index >= 15 is 0 Å². The van der Waals surface area contributed by atoms with E-state index in [-0.39, 0.29) is 5.91 Å². The molecular weight excluding hydrogens is 427 g/mol. The van der Waals surface area contributed by atoms with Crippen LogP contribution in [0.25, 0.3) is 0 Å². The molecule has 29 heavy (non-hydrogen) atoms. The molecule has 0 aromatic heterocycles. The van der Waals surface area contributed by atoms with Gasteiger partial charge in [0.2, 0.25) is 0 Å². The number of amides is 1. The lowest BCUT2D eigenvalue weighted by molar-refractivity contribution is -0.120. The van der Waals surface area contributed by atoms with E-state index in [1.807, 2.05) is 18.2 Å². The molecule has 1 aliphatic rings. The SMILES string of the molecule is C[Si](C)(C)OCCOCCNC1(c2ccccc2Cl)C(=O)Nc2ccc(Cl)cc21. The maximum absolute atomic E-state index is 13.2. The number of hydrogen-bond acceptors (Lipinski definition) is 4. The van der Waals surface area contributed by atoms with Gasteiger partial charge in [0.25, 0.3) is 5.91 Å².